The van der Waals surface area contributed by atoms with E-state index in [2.05, 4.69) is 50.7 Å². The van der Waals surface area contributed by atoms with Crippen LogP contribution in [-0.4, -0.2) is 45.7 Å². The van der Waals surface area contributed by atoms with Crippen molar-refractivity contribution in [2.45, 2.75) is 39.0 Å². The van der Waals surface area contributed by atoms with Gasteiger partial charge in [-0.2, -0.15) is 0 Å². The number of aromatic nitrogens is 5. The summed E-state index contributed by atoms with van der Waals surface area (Å²) in [7, 11) is -1.20. The van der Waals surface area contributed by atoms with Crippen LogP contribution in [0.25, 0.3) is 11.0 Å². The Balaban J connectivity index is 1.43. The van der Waals surface area contributed by atoms with Gasteiger partial charge in [-0.05, 0) is 18.2 Å². The molecule has 0 unspecified atom stereocenters. The van der Waals surface area contributed by atoms with E-state index in [4.69, 9.17) is 9.47 Å². The fourth-order valence-electron chi connectivity index (χ4n) is 3.30. The van der Waals surface area contributed by atoms with Gasteiger partial charge >= 0.3 is 6.03 Å². The molecule has 190 valence electrons. The highest BCUT2D eigenvalue weighted by Gasteiger charge is 2.18. The number of amides is 2. The van der Waals surface area contributed by atoms with Gasteiger partial charge in [-0.3, -0.25) is 5.10 Å². The fraction of sp³-hybridized carbons (Fsp3) is 0.304. The molecule has 0 saturated carbocycles. The molecule has 0 saturated heterocycles. The molecule has 3 heterocycles. The minimum Gasteiger partial charge on any atom is -0.450 e. The second kappa shape index (κ2) is 10.8. The number of aromatic amines is 1. The molecule has 13 heteroatoms. The number of rotatable bonds is 10. The van der Waals surface area contributed by atoms with Crippen molar-refractivity contribution in [3.8, 4) is 11.5 Å². The summed E-state index contributed by atoms with van der Waals surface area (Å²) in [5.41, 5.74) is 1.07. The first kappa shape index (κ1) is 25.3. The van der Waals surface area contributed by atoms with Crippen molar-refractivity contribution in [1.29, 1.82) is 0 Å². The van der Waals surface area contributed by atoms with Crippen LogP contribution in [0.4, 0.5) is 19.3 Å². The Morgan fingerprint density at radius 1 is 1.19 bits per heavy atom. The molecule has 0 aliphatic carbocycles. The van der Waals surface area contributed by atoms with E-state index in [1.54, 1.807) is 12.3 Å². The topological polar surface area (TPSA) is 119 Å². The smallest absolute Gasteiger partial charge is 0.319 e. The number of nitrogens with one attached hydrogen (secondary N) is 3. The van der Waals surface area contributed by atoms with Crippen LogP contribution in [0.3, 0.4) is 0 Å². The molecule has 0 aliphatic rings. The first-order chi connectivity index (χ1) is 17.2. The van der Waals surface area contributed by atoms with Crippen molar-refractivity contribution in [1.82, 2.24) is 30.3 Å². The van der Waals surface area contributed by atoms with Crippen molar-refractivity contribution in [3.63, 3.8) is 0 Å². The standard InChI is InChI=1S/C23H27F2N7O3Si/c1-36(2,3)9-8-34-14-32-7-5-17-20(4-6-26-22(17)32)35-21-18(24)10-15(11-19(21)25)29-23(33)27-12-16-13-28-31-30-16/h4-7,10-11,13H,8-9,12,14H2,1-3H3,(H2,27,29,33)(H,28,30,31). The summed E-state index contributed by atoms with van der Waals surface area (Å²) in [6, 6.07) is 5.63. The Morgan fingerprint density at radius 3 is 2.67 bits per heavy atom. The largest absolute Gasteiger partial charge is 0.450 e. The number of urea groups is 1. The second-order valence-electron chi connectivity index (χ2n) is 9.34. The summed E-state index contributed by atoms with van der Waals surface area (Å²) in [6.07, 6.45) is 4.73. The number of benzene rings is 1. The number of pyridine rings is 1. The number of nitrogens with zero attached hydrogens (tertiary/aromatic N) is 4. The van der Waals surface area contributed by atoms with Crippen molar-refractivity contribution in [2.75, 3.05) is 11.9 Å². The highest BCUT2D eigenvalue weighted by Crippen LogP contribution is 2.34. The molecule has 0 aliphatic heterocycles. The van der Waals surface area contributed by atoms with Gasteiger partial charge in [-0.15, -0.1) is 5.10 Å². The van der Waals surface area contributed by atoms with Gasteiger partial charge in [0.05, 0.1) is 23.8 Å². The molecule has 3 N–H and O–H groups in total. The zero-order valence-corrected chi connectivity index (χ0v) is 21.1. The van der Waals surface area contributed by atoms with Crippen molar-refractivity contribution < 1.29 is 23.0 Å². The molecule has 4 aromatic rings. The predicted molar refractivity (Wildman–Crippen MR) is 133 cm³/mol. The third kappa shape index (κ3) is 6.43. The summed E-state index contributed by atoms with van der Waals surface area (Å²) in [5.74, 6) is -2.29. The number of halogens is 2. The molecule has 2 amide bonds. The predicted octanol–water partition coefficient (Wildman–Crippen LogP) is 4.86. The lowest BCUT2D eigenvalue weighted by atomic mass is 10.2. The lowest BCUT2D eigenvalue weighted by Crippen LogP contribution is -2.28. The van der Waals surface area contributed by atoms with Gasteiger partial charge < -0.3 is 24.7 Å². The second-order valence-corrected chi connectivity index (χ2v) is 15.0. The number of carbonyl (C=O) groups is 1. The van der Waals surface area contributed by atoms with Gasteiger partial charge in [0.2, 0.25) is 0 Å². The van der Waals surface area contributed by atoms with Gasteiger partial charge in [0.25, 0.3) is 0 Å². The molecule has 36 heavy (non-hydrogen) atoms. The Kier molecular flexibility index (Phi) is 7.60. The number of fused-ring (bicyclic) bond motifs is 1. The first-order valence-electron chi connectivity index (χ1n) is 11.3. The lowest BCUT2D eigenvalue weighted by molar-refractivity contribution is 0.0899. The SMILES string of the molecule is C[Si](C)(C)CCOCn1ccc2c(Oc3c(F)cc(NC(=O)NCc4cnn[nH]4)cc3F)ccnc21. The van der Waals surface area contributed by atoms with E-state index in [9.17, 15) is 13.6 Å². The Morgan fingerprint density at radius 2 is 1.97 bits per heavy atom. The average Bonchev–Trinajstić information content (AvgIpc) is 3.47. The van der Waals surface area contributed by atoms with Crippen LogP contribution in [0.15, 0.2) is 42.9 Å². The molecule has 0 spiro atoms. The van der Waals surface area contributed by atoms with Gasteiger partial charge in [0.1, 0.15) is 18.1 Å². The Bertz CT molecular complexity index is 1320. The van der Waals surface area contributed by atoms with E-state index in [1.807, 2.05) is 4.57 Å². The molecule has 10 nitrogen and oxygen atoms in total. The highest BCUT2D eigenvalue weighted by atomic mass is 28.3. The molecule has 0 bridgehead atoms. The van der Waals surface area contributed by atoms with E-state index in [0.29, 0.717) is 30.1 Å². The van der Waals surface area contributed by atoms with Crippen molar-refractivity contribution in [2.24, 2.45) is 0 Å². The highest BCUT2D eigenvalue weighted by molar-refractivity contribution is 6.76. The first-order valence-corrected chi connectivity index (χ1v) is 15.0. The summed E-state index contributed by atoms with van der Waals surface area (Å²) in [5, 5.41) is 15.2. The molecular weight excluding hydrogens is 488 g/mol. The van der Waals surface area contributed by atoms with Gasteiger partial charge in [-0.25, -0.2) is 18.6 Å². The molecule has 1 aromatic carbocycles. The third-order valence-corrected chi connectivity index (χ3v) is 6.93. The molecule has 4 rings (SSSR count). The Hall–Kier alpha value is -3.84. The summed E-state index contributed by atoms with van der Waals surface area (Å²) in [6.45, 7) is 7.92. The van der Waals surface area contributed by atoms with Crippen LogP contribution < -0.4 is 15.4 Å². The summed E-state index contributed by atoms with van der Waals surface area (Å²) < 4.78 is 42.7. The van der Waals surface area contributed by atoms with E-state index in [0.717, 1.165) is 18.2 Å². The maximum Gasteiger partial charge on any atom is 0.319 e. The quantitative estimate of drug-likeness (QED) is 0.205. The lowest BCUT2D eigenvalue weighted by Gasteiger charge is -2.15. The van der Waals surface area contributed by atoms with Crippen LogP contribution in [-0.2, 0) is 18.0 Å². The van der Waals surface area contributed by atoms with Crippen LogP contribution in [0.2, 0.25) is 25.7 Å². The maximum atomic E-state index is 14.8. The molecule has 0 radical (unpaired) electrons. The maximum absolute atomic E-state index is 14.8. The number of hydrogen-bond acceptors (Lipinski definition) is 6. The monoisotopic (exact) mass is 515 g/mol. The molecule has 3 aromatic heterocycles. The number of hydrogen-bond donors (Lipinski definition) is 3. The van der Waals surface area contributed by atoms with Crippen LogP contribution in [0, 0.1) is 11.6 Å². The van der Waals surface area contributed by atoms with Gasteiger partial charge in [-0.1, -0.05) is 24.9 Å². The number of anilines is 1. The number of H-pyrrole nitrogens is 1. The average molecular weight is 516 g/mol. The number of ether oxygens (including phenoxy) is 2. The van der Waals surface area contributed by atoms with Crippen LogP contribution in [0.1, 0.15) is 5.69 Å². The molecular formula is C23H27F2N7O3Si. The van der Waals surface area contributed by atoms with Gasteiger partial charge in [0, 0.05) is 44.9 Å². The fourth-order valence-corrected chi connectivity index (χ4v) is 4.05. The van der Waals surface area contributed by atoms with Crippen molar-refractivity contribution >= 4 is 30.8 Å². The molecule has 0 atom stereocenters. The third-order valence-electron chi connectivity index (χ3n) is 5.22. The van der Waals surface area contributed by atoms with E-state index >= 15 is 0 Å². The van der Waals surface area contributed by atoms with Crippen LogP contribution in [0.5, 0.6) is 11.5 Å². The van der Waals surface area contributed by atoms with E-state index in [-0.39, 0.29) is 18.0 Å². The zero-order valence-electron chi connectivity index (χ0n) is 20.1. The zero-order chi connectivity index (χ0) is 25.7. The van der Waals surface area contributed by atoms with E-state index in [1.165, 1.54) is 18.5 Å². The Labute approximate surface area is 207 Å². The molecule has 0 fully saturated rings. The van der Waals surface area contributed by atoms with Gasteiger partial charge in [0.15, 0.2) is 17.4 Å². The minimum atomic E-state index is -1.20. The minimum absolute atomic E-state index is 0.0703. The number of carbonyl (C=O) groups excluding carboxylic acids is 1. The normalized spacial score (nSPS) is 11.6. The van der Waals surface area contributed by atoms with Crippen LogP contribution >= 0.6 is 0 Å². The summed E-state index contributed by atoms with van der Waals surface area (Å²) >= 11 is 0. The summed E-state index contributed by atoms with van der Waals surface area (Å²) in [4.78, 5) is 16.4. The van der Waals surface area contributed by atoms with E-state index < -0.39 is 31.5 Å². The van der Waals surface area contributed by atoms with Crippen molar-refractivity contribution in [3.05, 3.63) is 60.2 Å².